The maximum absolute atomic E-state index is 13.7. The molecular formula is C14H7F5N2. The fourth-order valence-corrected chi connectivity index (χ4v) is 2.03. The Kier molecular flexibility index (Phi) is 2.93. The third-order valence-corrected chi connectivity index (χ3v) is 3.01. The zero-order valence-corrected chi connectivity index (χ0v) is 10.3. The van der Waals surface area contributed by atoms with Gasteiger partial charge in [-0.05, 0) is 30.3 Å². The minimum atomic E-state index is -4.50. The maximum Gasteiger partial charge on any atom is 0.416 e. The van der Waals surface area contributed by atoms with E-state index in [1.165, 1.54) is 6.07 Å². The van der Waals surface area contributed by atoms with Crippen LogP contribution in [0.5, 0.6) is 0 Å². The standard InChI is InChI=1S/C14H7F5N2/c15-8-2-1-3-9(16)12(8)13-20-10-5-4-7(14(17,18)19)6-11(10)21-13/h1-6H,(H,20,21). The van der Waals surface area contributed by atoms with Crippen molar-refractivity contribution in [3.05, 3.63) is 53.6 Å². The maximum atomic E-state index is 13.7. The summed E-state index contributed by atoms with van der Waals surface area (Å²) in [7, 11) is 0. The molecule has 1 heterocycles. The molecule has 0 atom stereocenters. The third-order valence-electron chi connectivity index (χ3n) is 3.01. The first-order valence-electron chi connectivity index (χ1n) is 5.87. The van der Waals surface area contributed by atoms with E-state index in [1.54, 1.807) is 0 Å². The summed E-state index contributed by atoms with van der Waals surface area (Å²) in [5.41, 5.74) is -1.01. The van der Waals surface area contributed by atoms with Gasteiger partial charge in [-0.3, -0.25) is 0 Å². The van der Waals surface area contributed by atoms with E-state index in [0.29, 0.717) is 0 Å². The summed E-state index contributed by atoms with van der Waals surface area (Å²) in [6, 6.07) is 6.16. The van der Waals surface area contributed by atoms with Gasteiger partial charge in [0.1, 0.15) is 17.5 Å². The summed E-state index contributed by atoms with van der Waals surface area (Å²) in [5.74, 6) is -1.84. The molecule has 2 nitrogen and oxygen atoms in total. The molecule has 0 radical (unpaired) electrons. The lowest BCUT2D eigenvalue weighted by Gasteiger charge is -2.05. The van der Waals surface area contributed by atoms with Crippen molar-refractivity contribution in [3.8, 4) is 11.4 Å². The quantitative estimate of drug-likeness (QED) is 0.657. The molecule has 3 rings (SSSR count). The summed E-state index contributed by atoms with van der Waals surface area (Å²) < 4.78 is 65.2. The van der Waals surface area contributed by atoms with E-state index in [1.807, 2.05) is 0 Å². The van der Waals surface area contributed by atoms with Crippen LogP contribution < -0.4 is 0 Å². The molecule has 0 amide bonds. The predicted octanol–water partition coefficient (Wildman–Crippen LogP) is 4.53. The number of aromatic amines is 1. The molecule has 3 aromatic rings. The van der Waals surface area contributed by atoms with Crippen LogP contribution >= 0.6 is 0 Å². The van der Waals surface area contributed by atoms with Gasteiger partial charge in [-0.25, -0.2) is 13.8 Å². The molecule has 1 aromatic heterocycles. The second-order valence-electron chi connectivity index (χ2n) is 4.41. The Hall–Kier alpha value is -2.44. The zero-order valence-electron chi connectivity index (χ0n) is 10.3. The molecule has 7 heteroatoms. The Morgan fingerprint density at radius 1 is 0.952 bits per heavy atom. The van der Waals surface area contributed by atoms with Crippen LogP contribution in [-0.4, -0.2) is 9.97 Å². The summed E-state index contributed by atoms with van der Waals surface area (Å²) in [4.78, 5) is 6.44. The van der Waals surface area contributed by atoms with Crippen LogP contribution in [0, 0.1) is 11.6 Å². The molecule has 0 fully saturated rings. The number of imidazole rings is 1. The summed E-state index contributed by atoms with van der Waals surface area (Å²) in [6.07, 6.45) is -4.50. The molecule has 21 heavy (non-hydrogen) atoms. The first-order chi connectivity index (χ1) is 9.86. The lowest BCUT2D eigenvalue weighted by Crippen LogP contribution is -2.04. The van der Waals surface area contributed by atoms with Gasteiger partial charge in [0.2, 0.25) is 0 Å². The number of halogens is 5. The zero-order chi connectivity index (χ0) is 15.2. The Bertz CT molecular complexity index is 800. The normalized spacial score (nSPS) is 12.0. The highest BCUT2D eigenvalue weighted by Gasteiger charge is 2.30. The van der Waals surface area contributed by atoms with Crippen molar-refractivity contribution in [2.24, 2.45) is 0 Å². The smallest absolute Gasteiger partial charge is 0.338 e. The van der Waals surface area contributed by atoms with E-state index in [4.69, 9.17) is 0 Å². The van der Waals surface area contributed by atoms with Gasteiger partial charge in [0, 0.05) is 0 Å². The van der Waals surface area contributed by atoms with Crippen molar-refractivity contribution >= 4 is 11.0 Å². The molecule has 1 N–H and O–H groups in total. The van der Waals surface area contributed by atoms with E-state index in [0.717, 1.165) is 30.3 Å². The molecule has 0 bridgehead atoms. The number of H-pyrrole nitrogens is 1. The topological polar surface area (TPSA) is 28.7 Å². The van der Waals surface area contributed by atoms with Gasteiger partial charge >= 0.3 is 6.18 Å². The Labute approximate surface area is 115 Å². The van der Waals surface area contributed by atoms with Crippen LogP contribution in [0.25, 0.3) is 22.4 Å². The average Bonchev–Trinajstić information content (AvgIpc) is 2.79. The molecular weight excluding hydrogens is 291 g/mol. The van der Waals surface area contributed by atoms with Gasteiger partial charge in [0.15, 0.2) is 0 Å². The summed E-state index contributed by atoms with van der Waals surface area (Å²) >= 11 is 0. The van der Waals surface area contributed by atoms with E-state index < -0.39 is 28.9 Å². The highest BCUT2D eigenvalue weighted by molar-refractivity contribution is 5.80. The Morgan fingerprint density at radius 2 is 1.62 bits per heavy atom. The number of benzene rings is 2. The number of nitrogens with one attached hydrogen (secondary N) is 1. The van der Waals surface area contributed by atoms with Gasteiger partial charge < -0.3 is 4.98 Å². The van der Waals surface area contributed by atoms with Crippen LogP contribution in [0.2, 0.25) is 0 Å². The van der Waals surface area contributed by atoms with Crippen LogP contribution in [0.1, 0.15) is 5.56 Å². The number of rotatable bonds is 1. The van der Waals surface area contributed by atoms with Gasteiger partial charge in [-0.1, -0.05) is 6.07 Å². The highest BCUT2D eigenvalue weighted by atomic mass is 19.4. The average molecular weight is 298 g/mol. The second kappa shape index (κ2) is 4.54. The molecule has 0 unspecified atom stereocenters. The van der Waals surface area contributed by atoms with Crippen molar-refractivity contribution in [1.29, 1.82) is 0 Å². The summed E-state index contributed by atoms with van der Waals surface area (Å²) in [6.45, 7) is 0. The number of alkyl halides is 3. The van der Waals surface area contributed by atoms with Gasteiger partial charge in [0.05, 0.1) is 22.2 Å². The first-order valence-corrected chi connectivity index (χ1v) is 5.87. The van der Waals surface area contributed by atoms with Crippen molar-refractivity contribution in [1.82, 2.24) is 9.97 Å². The molecule has 2 aromatic carbocycles. The van der Waals surface area contributed by atoms with Crippen molar-refractivity contribution in [3.63, 3.8) is 0 Å². The fourth-order valence-electron chi connectivity index (χ4n) is 2.03. The molecule has 0 aliphatic rings. The Morgan fingerprint density at radius 3 is 2.24 bits per heavy atom. The number of aromatic nitrogens is 2. The third kappa shape index (κ3) is 2.35. The van der Waals surface area contributed by atoms with Gasteiger partial charge in [0.25, 0.3) is 0 Å². The van der Waals surface area contributed by atoms with Crippen LogP contribution in [0.4, 0.5) is 22.0 Å². The van der Waals surface area contributed by atoms with Crippen molar-refractivity contribution in [2.75, 3.05) is 0 Å². The molecule has 0 aliphatic heterocycles. The van der Waals surface area contributed by atoms with Crippen LogP contribution in [0.3, 0.4) is 0 Å². The minimum absolute atomic E-state index is 0.0579. The Balaban J connectivity index is 2.18. The number of fused-ring (bicyclic) bond motifs is 1. The predicted molar refractivity (Wildman–Crippen MR) is 66.4 cm³/mol. The van der Waals surface area contributed by atoms with Crippen molar-refractivity contribution < 1.29 is 22.0 Å². The number of hydrogen-bond acceptors (Lipinski definition) is 1. The molecule has 0 spiro atoms. The molecule has 0 aliphatic carbocycles. The van der Waals surface area contributed by atoms with E-state index >= 15 is 0 Å². The summed E-state index contributed by atoms with van der Waals surface area (Å²) in [5, 5.41) is 0. The highest BCUT2D eigenvalue weighted by Crippen LogP contribution is 2.32. The SMILES string of the molecule is Fc1cccc(F)c1-c1nc2ccc(C(F)(F)F)cc2[nH]1. The van der Waals surface area contributed by atoms with Gasteiger partial charge in [-0.2, -0.15) is 13.2 Å². The van der Waals surface area contributed by atoms with E-state index in [9.17, 15) is 22.0 Å². The van der Waals surface area contributed by atoms with Crippen LogP contribution in [0.15, 0.2) is 36.4 Å². The minimum Gasteiger partial charge on any atom is -0.338 e. The lowest BCUT2D eigenvalue weighted by molar-refractivity contribution is -0.137. The van der Waals surface area contributed by atoms with E-state index in [-0.39, 0.29) is 16.9 Å². The fraction of sp³-hybridized carbons (Fsp3) is 0.0714. The molecule has 0 saturated heterocycles. The van der Waals surface area contributed by atoms with Crippen LogP contribution in [-0.2, 0) is 6.18 Å². The van der Waals surface area contributed by atoms with Gasteiger partial charge in [-0.15, -0.1) is 0 Å². The van der Waals surface area contributed by atoms with Crippen molar-refractivity contribution in [2.45, 2.75) is 6.18 Å². The van der Waals surface area contributed by atoms with E-state index in [2.05, 4.69) is 9.97 Å². The number of nitrogens with zero attached hydrogens (tertiary/aromatic N) is 1. The molecule has 108 valence electrons. The monoisotopic (exact) mass is 298 g/mol. The lowest BCUT2D eigenvalue weighted by atomic mass is 10.2. The largest absolute Gasteiger partial charge is 0.416 e. The first kappa shape index (κ1) is 13.5. The molecule has 0 saturated carbocycles. The second-order valence-corrected chi connectivity index (χ2v) is 4.41. The number of hydrogen-bond donors (Lipinski definition) is 1.